The maximum atomic E-state index is 10.6. The van der Waals surface area contributed by atoms with E-state index in [4.69, 9.17) is 0 Å². The lowest BCUT2D eigenvalue weighted by molar-refractivity contribution is 0.534. The van der Waals surface area contributed by atoms with Crippen LogP contribution in [0, 0.1) is 6.92 Å². The van der Waals surface area contributed by atoms with E-state index in [9.17, 15) is 17.5 Å². The standard InChI is InChI=1S/C7H8O4S2/c1-5-2-3-6(12(8)9)4-7(5)13(10)11/h2-4H,1H3,(H,8,9)(H,10,11)/p-2. The van der Waals surface area contributed by atoms with Gasteiger partial charge in [0, 0.05) is 9.79 Å². The molecule has 0 aliphatic heterocycles. The van der Waals surface area contributed by atoms with Crippen molar-refractivity contribution in [3.8, 4) is 0 Å². The lowest BCUT2D eigenvalue weighted by Crippen LogP contribution is -1.96. The molecule has 1 rings (SSSR count). The fourth-order valence-corrected chi connectivity index (χ4v) is 1.89. The van der Waals surface area contributed by atoms with Crippen LogP contribution in [0.2, 0.25) is 0 Å². The van der Waals surface area contributed by atoms with E-state index < -0.39 is 22.2 Å². The predicted molar refractivity (Wildman–Crippen MR) is 45.6 cm³/mol. The molecular weight excluding hydrogens is 212 g/mol. The van der Waals surface area contributed by atoms with Crippen LogP contribution in [0.4, 0.5) is 0 Å². The zero-order chi connectivity index (χ0) is 10.0. The molecule has 0 amide bonds. The number of hydrogen-bond donors (Lipinski definition) is 0. The Morgan fingerprint density at radius 3 is 2.23 bits per heavy atom. The molecule has 2 unspecified atom stereocenters. The molecule has 0 aliphatic carbocycles. The van der Waals surface area contributed by atoms with Gasteiger partial charge in [-0.1, -0.05) is 6.07 Å². The largest absolute Gasteiger partial charge is 0.768 e. The first-order chi connectivity index (χ1) is 6.02. The Balaban J connectivity index is 3.27. The van der Waals surface area contributed by atoms with Crippen molar-refractivity contribution < 1.29 is 17.5 Å². The lowest BCUT2D eigenvalue weighted by Gasteiger charge is -2.12. The van der Waals surface area contributed by atoms with Gasteiger partial charge in [-0.3, -0.25) is 8.42 Å². The molecule has 4 nitrogen and oxygen atoms in total. The number of aryl methyl sites for hydroxylation is 1. The Kier molecular flexibility index (Phi) is 3.32. The molecule has 0 aromatic heterocycles. The van der Waals surface area contributed by atoms with Crippen LogP contribution in [0.3, 0.4) is 0 Å². The second-order valence-electron chi connectivity index (χ2n) is 2.40. The molecule has 13 heavy (non-hydrogen) atoms. The summed E-state index contributed by atoms with van der Waals surface area (Å²) in [6.45, 7) is 1.60. The summed E-state index contributed by atoms with van der Waals surface area (Å²) in [5.74, 6) is 0. The summed E-state index contributed by atoms with van der Waals surface area (Å²) >= 11 is -4.78. The first-order valence-corrected chi connectivity index (χ1v) is 5.46. The van der Waals surface area contributed by atoms with Crippen molar-refractivity contribution in [1.82, 2.24) is 0 Å². The fraction of sp³-hybridized carbons (Fsp3) is 0.143. The van der Waals surface area contributed by atoms with Gasteiger partial charge in [-0.25, -0.2) is 0 Å². The van der Waals surface area contributed by atoms with Crippen LogP contribution in [-0.2, 0) is 22.2 Å². The molecular formula is C7H6O4S2-2. The van der Waals surface area contributed by atoms with Gasteiger partial charge in [0.1, 0.15) is 0 Å². The quantitative estimate of drug-likeness (QED) is 0.676. The monoisotopic (exact) mass is 218 g/mol. The third-order valence-electron chi connectivity index (χ3n) is 1.53. The van der Waals surface area contributed by atoms with Gasteiger partial charge < -0.3 is 9.11 Å². The van der Waals surface area contributed by atoms with Gasteiger partial charge in [0.25, 0.3) is 0 Å². The summed E-state index contributed by atoms with van der Waals surface area (Å²) < 4.78 is 42.2. The van der Waals surface area contributed by atoms with Gasteiger partial charge in [-0.05, 0) is 46.8 Å². The van der Waals surface area contributed by atoms with E-state index >= 15 is 0 Å². The van der Waals surface area contributed by atoms with Crippen molar-refractivity contribution in [1.29, 1.82) is 0 Å². The molecule has 0 fully saturated rings. The smallest absolute Gasteiger partial charge is 0.0289 e. The maximum Gasteiger partial charge on any atom is 0.0289 e. The van der Waals surface area contributed by atoms with E-state index in [-0.39, 0.29) is 9.79 Å². The van der Waals surface area contributed by atoms with E-state index in [2.05, 4.69) is 0 Å². The molecule has 2 atom stereocenters. The summed E-state index contributed by atoms with van der Waals surface area (Å²) in [5, 5.41) is 0. The van der Waals surface area contributed by atoms with E-state index in [0.29, 0.717) is 5.56 Å². The summed E-state index contributed by atoms with van der Waals surface area (Å²) in [4.78, 5) is -0.00787. The van der Waals surface area contributed by atoms with Gasteiger partial charge >= 0.3 is 0 Å². The summed E-state index contributed by atoms with van der Waals surface area (Å²) in [5.41, 5.74) is 0.530. The SMILES string of the molecule is Cc1ccc(S(=O)[O-])cc1S(=O)[O-]. The van der Waals surface area contributed by atoms with E-state index in [1.54, 1.807) is 6.92 Å². The van der Waals surface area contributed by atoms with E-state index in [1.165, 1.54) is 12.1 Å². The van der Waals surface area contributed by atoms with Crippen molar-refractivity contribution in [2.24, 2.45) is 0 Å². The highest BCUT2D eigenvalue weighted by Gasteiger charge is 2.00. The number of benzene rings is 1. The zero-order valence-corrected chi connectivity index (χ0v) is 8.31. The summed E-state index contributed by atoms with van der Waals surface area (Å²) in [7, 11) is 0. The normalized spacial score (nSPS) is 15.3. The molecule has 6 heteroatoms. The van der Waals surface area contributed by atoms with Crippen LogP contribution < -0.4 is 0 Å². The fourth-order valence-electron chi connectivity index (χ4n) is 0.864. The summed E-state index contributed by atoms with van der Waals surface area (Å²) in [6, 6.07) is 3.94. The Morgan fingerprint density at radius 1 is 1.15 bits per heavy atom. The molecule has 1 aromatic rings. The van der Waals surface area contributed by atoms with Crippen LogP contribution in [0.1, 0.15) is 5.56 Å². The first-order valence-electron chi connectivity index (χ1n) is 3.31. The van der Waals surface area contributed by atoms with Crippen LogP contribution in [-0.4, -0.2) is 17.5 Å². The Morgan fingerprint density at radius 2 is 1.77 bits per heavy atom. The minimum Gasteiger partial charge on any atom is -0.768 e. The van der Waals surface area contributed by atoms with Crippen molar-refractivity contribution in [3.05, 3.63) is 23.8 Å². The Bertz CT molecular complexity index is 375. The molecule has 0 radical (unpaired) electrons. The van der Waals surface area contributed by atoms with Gasteiger partial charge in [-0.15, -0.1) is 0 Å². The molecule has 0 spiro atoms. The van der Waals surface area contributed by atoms with Crippen molar-refractivity contribution in [2.45, 2.75) is 16.7 Å². The van der Waals surface area contributed by atoms with Gasteiger partial charge in [0.15, 0.2) is 0 Å². The van der Waals surface area contributed by atoms with E-state index in [0.717, 1.165) is 6.07 Å². The number of rotatable bonds is 2. The van der Waals surface area contributed by atoms with Crippen LogP contribution in [0.25, 0.3) is 0 Å². The Hall–Kier alpha value is -0.560. The van der Waals surface area contributed by atoms with Crippen LogP contribution in [0.15, 0.2) is 28.0 Å². The van der Waals surface area contributed by atoms with Crippen LogP contribution in [0.5, 0.6) is 0 Å². The molecule has 0 heterocycles. The minimum absolute atomic E-state index is 0.0155. The summed E-state index contributed by atoms with van der Waals surface area (Å²) in [6.07, 6.45) is 0. The van der Waals surface area contributed by atoms with Crippen molar-refractivity contribution in [2.75, 3.05) is 0 Å². The first kappa shape index (κ1) is 10.5. The highest BCUT2D eigenvalue weighted by atomic mass is 32.2. The van der Waals surface area contributed by atoms with Gasteiger partial charge in [0.05, 0.1) is 0 Å². The molecule has 0 aliphatic rings. The Labute approximate surface area is 80.6 Å². The molecule has 72 valence electrons. The van der Waals surface area contributed by atoms with Crippen LogP contribution >= 0.6 is 0 Å². The van der Waals surface area contributed by atoms with Gasteiger partial charge in [0.2, 0.25) is 0 Å². The number of hydrogen-bond acceptors (Lipinski definition) is 4. The van der Waals surface area contributed by atoms with Crippen molar-refractivity contribution >= 4 is 22.2 Å². The highest BCUT2D eigenvalue weighted by Crippen LogP contribution is 2.15. The average Bonchev–Trinajstić information content (AvgIpc) is 2.04. The molecule has 0 N–H and O–H groups in total. The topological polar surface area (TPSA) is 80.3 Å². The minimum atomic E-state index is -2.39. The molecule has 0 saturated carbocycles. The average molecular weight is 218 g/mol. The third-order valence-corrected chi connectivity index (χ3v) is 2.97. The molecule has 0 bridgehead atoms. The third kappa shape index (κ3) is 2.44. The molecule has 0 saturated heterocycles. The van der Waals surface area contributed by atoms with Gasteiger partial charge in [-0.2, -0.15) is 0 Å². The maximum absolute atomic E-state index is 10.6. The van der Waals surface area contributed by atoms with E-state index in [1.807, 2.05) is 0 Å². The highest BCUT2D eigenvalue weighted by molar-refractivity contribution is 7.80. The predicted octanol–water partition coefficient (Wildman–Crippen LogP) is 0.471. The second kappa shape index (κ2) is 4.10. The molecule has 1 aromatic carbocycles. The lowest BCUT2D eigenvalue weighted by atomic mass is 10.2. The van der Waals surface area contributed by atoms with Crippen molar-refractivity contribution in [3.63, 3.8) is 0 Å². The zero-order valence-electron chi connectivity index (χ0n) is 6.68. The second-order valence-corrected chi connectivity index (χ2v) is 4.25.